The van der Waals surface area contributed by atoms with Gasteiger partial charge >= 0.3 is 0 Å². The minimum absolute atomic E-state index is 0.00488. The third-order valence-corrected chi connectivity index (χ3v) is 4.43. The SMILES string of the molecule is CNc1ccc(C(=O)NC2CCCC2n2ccnc2)cc1[N+](=O)[O-]. The summed E-state index contributed by atoms with van der Waals surface area (Å²) >= 11 is 0. The molecule has 1 heterocycles. The van der Waals surface area contributed by atoms with E-state index in [1.165, 1.54) is 6.07 Å². The van der Waals surface area contributed by atoms with E-state index in [0.717, 1.165) is 19.3 Å². The van der Waals surface area contributed by atoms with Gasteiger partial charge in [0.1, 0.15) is 5.69 Å². The Morgan fingerprint density at radius 1 is 1.42 bits per heavy atom. The lowest BCUT2D eigenvalue weighted by Crippen LogP contribution is -2.38. The van der Waals surface area contributed by atoms with Crippen LogP contribution in [-0.2, 0) is 0 Å². The average Bonchev–Trinajstić information content (AvgIpc) is 3.25. The number of nitrogens with zero attached hydrogens (tertiary/aromatic N) is 3. The normalized spacial score (nSPS) is 19.9. The largest absolute Gasteiger partial charge is 0.383 e. The molecular formula is C16H19N5O3. The first-order valence-corrected chi connectivity index (χ1v) is 7.84. The van der Waals surface area contributed by atoms with Crippen molar-refractivity contribution < 1.29 is 9.72 Å². The molecule has 8 heteroatoms. The molecule has 2 atom stereocenters. The van der Waals surface area contributed by atoms with Crippen molar-refractivity contribution in [2.45, 2.75) is 31.3 Å². The first-order valence-electron chi connectivity index (χ1n) is 7.84. The minimum atomic E-state index is -0.494. The van der Waals surface area contributed by atoms with Crippen LogP contribution in [0.5, 0.6) is 0 Å². The standard InChI is InChI=1S/C16H19N5O3/c1-17-12-6-5-11(9-15(12)21(23)24)16(22)19-13-3-2-4-14(13)20-8-7-18-10-20/h5-10,13-14,17H,2-4H2,1H3,(H,19,22). The van der Waals surface area contributed by atoms with Gasteiger partial charge in [-0.15, -0.1) is 0 Å². The smallest absolute Gasteiger partial charge is 0.293 e. The summed E-state index contributed by atoms with van der Waals surface area (Å²) in [5, 5.41) is 16.9. The molecular weight excluding hydrogens is 310 g/mol. The third kappa shape index (κ3) is 3.08. The van der Waals surface area contributed by atoms with Crippen LogP contribution in [0.4, 0.5) is 11.4 Å². The van der Waals surface area contributed by atoms with Gasteiger partial charge < -0.3 is 15.2 Å². The molecule has 0 saturated heterocycles. The van der Waals surface area contributed by atoms with Gasteiger partial charge in [-0.05, 0) is 31.4 Å². The lowest BCUT2D eigenvalue weighted by molar-refractivity contribution is -0.384. The zero-order valence-corrected chi connectivity index (χ0v) is 13.3. The van der Waals surface area contributed by atoms with Crippen LogP contribution in [0.1, 0.15) is 35.7 Å². The van der Waals surface area contributed by atoms with Crippen molar-refractivity contribution in [3.8, 4) is 0 Å². The van der Waals surface area contributed by atoms with Crippen molar-refractivity contribution in [2.24, 2.45) is 0 Å². The summed E-state index contributed by atoms with van der Waals surface area (Å²) in [7, 11) is 1.61. The van der Waals surface area contributed by atoms with Crippen LogP contribution in [0.15, 0.2) is 36.9 Å². The molecule has 8 nitrogen and oxygen atoms in total. The van der Waals surface area contributed by atoms with Gasteiger partial charge in [-0.2, -0.15) is 0 Å². The summed E-state index contributed by atoms with van der Waals surface area (Å²) < 4.78 is 2.00. The van der Waals surface area contributed by atoms with Crippen molar-refractivity contribution in [2.75, 3.05) is 12.4 Å². The number of hydrogen-bond acceptors (Lipinski definition) is 5. The number of carbonyl (C=O) groups excluding carboxylic acids is 1. The number of carbonyl (C=O) groups is 1. The number of nitro benzene ring substituents is 1. The molecule has 2 aromatic rings. The number of rotatable bonds is 5. The number of hydrogen-bond donors (Lipinski definition) is 2. The zero-order valence-electron chi connectivity index (χ0n) is 13.3. The molecule has 0 aliphatic heterocycles. The van der Waals surface area contributed by atoms with Gasteiger partial charge in [-0.25, -0.2) is 4.98 Å². The number of amides is 1. The molecule has 0 spiro atoms. The summed E-state index contributed by atoms with van der Waals surface area (Å²) in [4.78, 5) is 27.2. The van der Waals surface area contributed by atoms with E-state index in [1.807, 2.05) is 10.8 Å². The number of aromatic nitrogens is 2. The summed E-state index contributed by atoms with van der Waals surface area (Å²) in [5.41, 5.74) is 0.563. The number of imidazole rings is 1. The van der Waals surface area contributed by atoms with E-state index < -0.39 is 4.92 Å². The molecule has 1 aliphatic carbocycles. The van der Waals surface area contributed by atoms with E-state index in [2.05, 4.69) is 15.6 Å². The fraction of sp³-hybridized carbons (Fsp3) is 0.375. The second kappa shape index (κ2) is 6.69. The van der Waals surface area contributed by atoms with Crippen LogP contribution in [-0.4, -0.2) is 33.5 Å². The first-order chi connectivity index (χ1) is 11.6. The van der Waals surface area contributed by atoms with E-state index in [-0.39, 0.29) is 29.2 Å². The molecule has 24 heavy (non-hydrogen) atoms. The number of nitro groups is 1. The molecule has 3 rings (SSSR count). The molecule has 2 unspecified atom stereocenters. The van der Waals surface area contributed by atoms with Gasteiger partial charge in [0.25, 0.3) is 11.6 Å². The maximum Gasteiger partial charge on any atom is 0.293 e. The van der Waals surface area contributed by atoms with Gasteiger partial charge in [0.05, 0.1) is 17.3 Å². The Morgan fingerprint density at radius 2 is 2.25 bits per heavy atom. The van der Waals surface area contributed by atoms with E-state index >= 15 is 0 Å². The van der Waals surface area contributed by atoms with E-state index in [9.17, 15) is 14.9 Å². The summed E-state index contributed by atoms with van der Waals surface area (Å²) in [6.45, 7) is 0. The minimum Gasteiger partial charge on any atom is -0.383 e. The highest BCUT2D eigenvalue weighted by Crippen LogP contribution is 2.30. The Morgan fingerprint density at radius 3 is 2.92 bits per heavy atom. The second-order valence-electron chi connectivity index (χ2n) is 5.83. The number of nitrogens with one attached hydrogen (secondary N) is 2. The highest BCUT2D eigenvalue weighted by molar-refractivity contribution is 5.96. The predicted molar refractivity (Wildman–Crippen MR) is 89.0 cm³/mol. The molecule has 1 saturated carbocycles. The number of anilines is 1. The molecule has 126 valence electrons. The third-order valence-electron chi connectivity index (χ3n) is 4.43. The Balaban J connectivity index is 1.77. The van der Waals surface area contributed by atoms with Gasteiger partial charge in [-0.1, -0.05) is 0 Å². The molecule has 1 aliphatic rings. The van der Waals surface area contributed by atoms with Gasteiger partial charge in [0.2, 0.25) is 0 Å². The summed E-state index contributed by atoms with van der Waals surface area (Å²) in [6, 6.07) is 4.62. The Bertz CT molecular complexity index is 744. The summed E-state index contributed by atoms with van der Waals surface area (Å²) in [5.74, 6) is -0.294. The first kappa shape index (κ1) is 16.0. The van der Waals surface area contributed by atoms with E-state index in [0.29, 0.717) is 5.69 Å². The molecule has 1 fully saturated rings. The maximum atomic E-state index is 12.5. The fourth-order valence-corrected chi connectivity index (χ4v) is 3.22. The molecule has 2 N–H and O–H groups in total. The van der Waals surface area contributed by atoms with Crippen molar-refractivity contribution in [3.05, 3.63) is 52.6 Å². The van der Waals surface area contributed by atoms with Crippen LogP contribution < -0.4 is 10.6 Å². The predicted octanol–water partition coefficient (Wildman–Crippen LogP) is 2.36. The summed E-state index contributed by atoms with van der Waals surface area (Å²) in [6.07, 6.45) is 8.23. The van der Waals surface area contributed by atoms with Crippen LogP contribution >= 0.6 is 0 Å². The monoisotopic (exact) mass is 329 g/mol. The second-order valence-corrected chi connectivity index (χ2v) is 5.83. The average molecular weight is 329 g/mol. The molecule has 1 aromatic carbocycles. The van der Waals surface area contributed by atoms with Gasteiger partial charge in [-0.3, -0.25) is 14.9 Å². The van der Waals surface area contributed by atoms with Crippen molar-refractivity contribution in [1.29, 1.82) is 0 Å². The Kier molecular flexibility index (Phi) is 4.45. The Hall–Kier alpha value is -2.90. The Labute approximate surface area is 139 Å². The van der Waals surface area contributed by atoms with Crippen molar-refractivity contribution in [1.82, 2.24) is 14.9 Å². The highest BCUT2D eigenvalue weighted by Gasteiger charge is 2.30. The van der Waals surface area contributed by atoms with Crippen molar-refractivity contribution >= 4 is 17.3 Å². The van der Waals surface area contributed by atoms with Gasteiger partial charge in [0, 0.05) is 37.1 Å². The van der Waals surface area contributed by atoms with E-state index in [1.54, 1.807) is 31.7 Å². The topological polar surface area (TPSA) is 102 Å². The molecule has 0 radical (unpaired) electrons. The van der Waals surface area contributed by atoms with Crippen LogP contribution in [0.3, 0.4) is 0 Å². The van der Waals surface area contributed by atoms with Crippen molar-refractivity contribution in [3.63, 3.8) is 0 Å². The van der Waals surface area contributed by atoms with E-state index in [4.69, 9.17) is 0 Å². The van der Waals surface area contributed by atoms with Crippen LogP contribution in [0.2, 0.25) is 0 Å². The molecule has 0 bridgehead atoms. The quantitative estimate of drug-likeness (QED) is 0.647. The molecule has 1 aromatic heterocycles. The van der Waals surface area contributed by atoms with Crippen LogP contribution in [0.25, 0.3) is 0 Å². The number of benzene rings is 1. The fourth-order valence-electron chi connectivity index (χ4n) is 3.22. The lowest BCUT2D eigenvalue weighted by atomic mass is 10.1. The zero-order chi connectivity index (χ0) is 17.1. The lowest BCUT2D eigenvalue weighted by Gasteiger charge is -2.22. The highest BCUT2D eigenvalue weighted by atomic mass is 16.6. The van der Waals surface area contributed by atoms with Crippen LogP contribution in [0, 0.1) is 10.1 Å². The molecule has 1 amide bonds. The van der Waals surface area contributed by atoms with Gasteiger partial charge in [0.15, 0.2) is 0 Å². The maximum absolute atomic E-state index is 12.5.